The van der Waals surface area contributed by atoms with E-state index in [4.69, 9.17) is 23.2 Å². The molecule has 0 saturated heterocycles. The molecule has 2 rings (SSSR count). The average molecular weight is 418 g/mol. The highest BCUT2D eigenvalue weighted by Crippen LogP contribution is 2.20. The Morgan fingerprint density at radius 2 is 1.88 bits per heavy atom. The Kier molecular flexibility index (Phi) is 7.25. The van der Waals surface area contributed by atoms with Gasteiger partial charge in [0.05, 0.1) is 5.75 Å². The fourth-order valence-corrected chi connectivity index (χ4v) is 3.89. The van der Waals surface area contributed by atoms with E-state index < -0.39 is 15.7 Å². The molecule has 0 aliphatic carbocycles. The Labute approximate surface area is 162 Å². The molecule has 0 aliphatic rings. The number of hydrogen-bond donors (Lipinski definition) is 2. The first-order chi connectivity index (χ1) is 12.3. The molecule has 0 spiro atoms. The van der Waals surface area contributed by atoms with E-state index in [9.17, 15) is 12.8 Å². The molecule has 0 aliphatic heterocycles. The van der Waals surface area contributed by atoms with E-state index in [-0.39, 0.29) is 17.2 Å². The number of sulfone groups is 1. The van der Waals surface area contributed by atoms with Crippen LogP contribution in [0.15, 0.2) is 52.4 Å². The van der Waals surface area contributed by atoms with Crippen LogP contribution in [0.2, 0.25) is 10.0 Å². The molecule has 0 aromatic heterocycles. The number of benzene rings is 2. The van der Waals surface area contributed by atoms with Crippen molar-refractivity contribution in [2.75, 3.05) is 19.3 Å². The van der Waals surface area contributed by atoms with Crippen molar-refractivity contribution in [3.63, 3.8) is 0 Å². The molecule has 0 fully saturated rings. The summed E-state index contributed by atoms with van der Waals surface area (Å²) in [5, 5.41) is 6.97. The zero-order chi connectivity index (χ0) is 19.2. The summed E-state index contributed by atoms with van der Waals surface area (Å²) in [4.78, 5) is 3.71. The van der Waals surface area contributed by atoms with Crippen LogP contribution in [-0.4, -0.2) is 33.7 Å². The van der Waals surface area contributed by atoms with E-state index in [2.05, 4.69) is 15.6 Å². The van der Waals surface area contributed by atoms with Crippen molar-refractivity contribution in [1.29, 1.82) is 0 Å². The third-order valence-corrected chi connectivity index (χ3v) is 5.85. The number of nitrogens with one attached hydrogen (secondary N) is 2. The fourth-order valence-electron chi connectivity index (χ4n) is 2.18. The van der Waals surface area contributed by atoms with Gasteiger partial charge in [0, 0.05) is 30.2 Å². The number of halogens is 3. The standard InChI is InChI=1S/C17H18Cl2FN3O2S/c1-21-17(23-11-12-6-7-13(18)10-14(12)19)22-8-9-26(24,25)16-5-3-2-4-15(16)20/h2-7,10H,8-9,11H2,1H3,(H2,21,22,23). The lowest BCUT2D eigenvalue weighted by Gasteiger charge is -2.13. The maximum absolute atomic E-state index is 13.7. The first-order valence-corrected chi connectivity index (χ1v) is 10.1. The van der Waals surface area contributed by atoms with Gasteiger partial charge < -0.3 is 10.6 Å². The Morgan fingerprint density at radius 1 is 1.15 bits per heavy atom. The third-order valence-electron chi connectivity index (χ3n) is 3.52. The summed E-state index contributed by atoms with van der Waals surface area (Å²) in [7, 11) is -2.17. The molecule has 5 nitrogen and oxygen atoms in total. The maximum atomic E-state index is 13.7. The molecule has 2 aromatic rings. The molecule has 0 amide bonds. The molecule has 0 unspecified atom stereocenters. The smallest absolute Gasteiger partial charge is 0.191 e. The molecule has 2 aromatic carbocycles. The highest BCUT2D eigenvalue weighted by Gasteiger charge is 2.18. The van der Waals surface area contributed by atoms with Crippen LogP contribution in [0.5, 0.6) is 0 Å². The molecule has 0 radical (unpaired) electrons. The van der Waals surface area contributed by atoms with Crippen LogP contribution in [0, 0.1) is 5.82 Å². The van der Waals surface area contributed by atoms with Crippen LogP contribution in [0.4, 0.5) is 4.39 Å². The summed E-state index contributed by atoms with van der Waals surface area (Å²) in [6.45, 7) is 0.459. The van der Waals surface area contributed by atoms with Gasteiger partial charge in [0.1, 0.15) is 10.7 Å². The summed E-state index contributed by atoms with van der Waals surface area (Å²) >= 11 is 12.0. The van der Waals surface area contributed by atoms with Crippen molar-refractivity contribution in [2.24, 2.45) is 4.99 Å². The minimum absolute atomic E-state index is 0.0741. The van der Waals surface area contributed by atoms with Crippen molar-refractivity contribution in [1.82, 2.24) is 10.6 Å². The van der Waals surface area contributed by atoms with Gasteiger partial charge in [-0.2, -0.15) is 0 Å². The average Bonchev–Trinajstić information content (AvgIpc) is 2.59. The van der Waals surface area contributed by atoms with E-state index in [0.29, 0.717) is 22.5 Å². The fraction of sp³-hybridized carbons (Fsp3) is 0.235. The second-order valence-electron chi connectivity index (χ2n) is 5.34. The van der Waals surface area contributed by atoms with Gasteiger partial charge in [-0.15, -0.1) is 0 Å². The van der Waals surface area contributed by atoms with Gasteiger partial charge in [0.25, 0.3) is 0 Å². The van der Waals surface area contributed by atoms with E-state index in [1.165, 1.54) is 18.2 Å². The maximum Gasteiger partial charge on any atom is 0.191 e. The van der Waals surface area contributed by atoms with E-state index in [0.717, 1.165) is 11.6 Å². The van der Waals surface area contributed by atoms with Crippen molar-refractivity contribution in [2.45, 2.75) is 11.4 Å². The normalized spacial score (nSPS) is 12.1. The lowest BCUT2D eigenvalue weighted by Crippen LogP contribution is -2.39. The monoisotopic (exact) mass is 417 g/mol. The minimum Gasteiger partial charge on any atom is -0.355 e. The first-order valence-electron chi connectivity index (χ1n) is 7.69. The Bertz CT molecular complexity index is 905. The van der Waals surface area contributed by atoms with Crippen LogP contribution in [0.1, 0.15) is 5.56 Å². The van der Waals surface area contributed by atoms with Gasteiger partial charge in [-0.3, -0.25) is 4.99 Å². The molecule has 140 valence electrons. The third kappa shape index (κ3) is 5.59. The van der Waals surface area contributed by atoms with Gasteiger partial charge in [-0.25, -0.2) is 12.8 Å². The van der Waals surface area contributed by atoms with E-state index >= 15 is 0 Å². The van der Waals surface area contributed by atoms with Crippen LogP contribution >= 0.6 is 23.2 Å². The molecule has 9 heteroatoms. The molecule has 0 heterocycles. The van der Waals surface area contributed by atoms with Gasteiger partial charge in [0.15, 0.2) is 15.8 Å². The summed E-state index contributed by atoms with van der Waals surface area (Å²) in [6, 6.07) is 10.4. The Balaban J connectivity index is 1.90. The van der Waals surface area contributed by atoms with Crippen molar-refractivity contribution in [3.8, 4) is 0 Å². The molecule has 0 saturated carbocycles. The molecule has 0 bridgehead atoms. The van der Waals surface area contributed by atoms with Crippen LogP contribution in [-0.2, 0) is 16.4 Å². The van der Waals surface area contributed by atoms with Gasteiger partial charge in [0.2, 0.25) is 0 Å². The first kappa shape index (κ1) is 20.5. The lowest BCUT2D eigenvalue weighted by atomic mass is 10.2. The lowest BCUT2D eigenvalue weighted by molar-refractivity contribution is 0.566. The number of guanidine groups is 1. The van der Waals surface area contributed by atoms with Crippen molar-refractivity contribution < 1.29 is 12.8 Å². The summed E-state index contributed by atoms with van der Waals surface area (Å²) in [6.07, 6.45) is 0. The number of nitrogens with zero attached hydrogens (tertiary/aromatic N) is 1. The quantitative estimate of drug-likeness (QED) is 0.558. The number of rotatable bonds is 6. The Morgan fingerprint density at radius 3 is 2.54 bits per heavy atom. The van der Waals surface area contributed by atoms with E-state index in [1.807, 2.05) is 0 Å². The molecular weight excluding hydrogens is 400 g/mol. The predicted octanol–water partition coefficient (Wildman–Crippen LogP) is 3.27. The number of hydrogen-bond acceptors (Lipinski definition) is 3. The SMILES string of the molecule is CN=C(NCCS(=O)(=O)c1ccccc1F)NCc1ccc(Cl)cc1Cl. The zero-order valence-corrected chi connectivity index (χ0v) is 16.3. The van der Waals surface area contributed by atoms with Gasteiger partial charge in [-0.1, -0.05) is 41.4 Å². The topological polar surface area (TPSA) is 70.6 Å². The summed E-state index contributed by atoms with van der Waals surface area (Å²) in [5.74, 6) is -0.622. The number of aliphatic imine (C=N–C) groups is 1. The molecule has 26 heavy (non-hydrogen) atoms. The van der Waals surface area contributed by atoms with E-state index in [1.54, 1.807) is 25.2 Å². The van der Waals surface area contributed by atoms with Crippen LogP contribution in [0.3, 0.4) is 0 Å². The largest absolute Gasteiger partial charge is 0.355 e. The van der Waals surface area contributed by atoms with Gasteiger partial charge >= 0.3 is 0 Å². The van der Waals surface area contributed by atoms with Crippen molar-refractivity contribution in [3.05, 3.63) is 63.9 Å². The molecular formula is C17H18Cl2FN3O2S. The van der Waals surface area contributed by atoms with Crippen LogP contribution in [0.25, 0.3) is 0 Å². The zero-order valence-electron chi connectivity index (χ0n) is 14.0. The van der Waals surface area contributed by atoms with Crippen LogP contribution < -0.4 is 10.6 Å². The summed E-state index contributed by atoms with van der Waals surface area (Å²) in [5.41, 5.74) is 0.818. The molecule has 2 N–H and O–H groups in total. The minimum atomic E-state index is -3.73. The second-order valence-corrected chi connectivity index (χ2v) is 8.26. The Hall–Kier alpha value is -1.83. The van der Waals surface area contributed by atoms with Crippen molar-refractivity contribution >= 4 is 39.0 Å². The highest BCUT2D eigenvalue weighted by atomic mass is 35.5. The predicted molar refractivity (Wildman–Crippen MR) is 103 cm³/mol. The second kappa shape index (κ2) is 9.21. The summed E-state index contributed by atoms with van der Waals surface area (Å²) < 4.78 is 38.1. The highest BCUT2D eigenvalue weighted by molar-refractivity contribution is 7.91. The molecule has 0 atom stereocenters. The van der Waals surface area contributed by atoms with Gasteiger partial charge in [-0.05, 0) is 29.8 Å².